The molecule has 3 heterocycles. The molecule has 18 heavy (non-hydrogen) atoms. The monoisotopic (exact) mass is 246 g/mol. The first-order chi connectivity index (χ1) is 8.72. The van der Waals surface area contributed by atoms with E-state index in [1.807, 2.05) is 19.1 Å². The van der Waals surface area contributed by atoms with Crippen molar-refractivity contribution >= 4 is 5.82 Å². The van der Waals surface area contributed by atoms with E-state index in [2.05, 4.69) is 27.5 Å². The Kier molecular flexibility index (Phi) is 3.20. The summed E-state index contributed by atoms with van der Waals surface area (Å²) in [5, 5.41) is 11.7. The van der Waals surface area contributed by atoms with E-state index >= 15 is 0 Å². The van der Waals surface area contributed by atoms with Gasteiger partial charge < -0.3 is 10.2 Å². The Labute approximate surface area is 109 Å². The summed E-state index contributed by atoms with van der Waals surface area (Å²) in [6.07, 6.45) is 5.45. The number of nitrogens with one attached hydrogen (secondary N) is 1. The van der Waals surface area contributed by atoms with Gasteiger partial charge >= 0.3 is 0 Å². The number of nitrogens with zero attached hydrogens (tertiary/aromatic N) is 3. The van der Waals surface area contributed by atoms with E-state index in [1.54, 1.807) is 0 Å². The van der Waals surface area contributed by atoms with E-state index in [1.165, 1.54) is 25.7 Å². The van der Waals surface area contributed by atoms with Crippen LogP contribution in [0, 0.1) is 12.8 Å². The molecule has 0 aliphatic carbocycles. The summed E-state index contributed by atoms with van der Waals surface area (Å²) in [6, 6.07) is 5.67. The molecule has 0 aromatic carbocycles. The normalized spacial score (nSPS) is 31.6. The molecule has 4 nitrogen and oxygen atoms in total. The Balaban J connectivity index is 1.54. The van der Waals surface area contributed by atoms with Crippen LogP contribution in [0.25, 0.3) is 0 Å². The van der Waals surface area contributed by atoms with E-state index in [4.69, 9.17) is 0 Å². The lowest BCUT2D eigenvalue weighted by Crippen LogP contribution is -2.41. The van der Waals surface area contributed by atoms with Crippen molar-refractivity contribution in [3.8, 4) is 0 Å². The molecular formula is C14H22N4. The lowest BCUT2D eigenvalue weighted by Gasteiger charge is -2.36. The number of hydrogen-bond donors (Lipinski definition) is 1. The average molecular weight is 246 g/mol. The van der Waals surface area contributed by atoms with Gasteiger partial charge in [-0.15, -0.1) is 5.10 Å². The molecule has 2 unspecified atom stereocenters. The van der Waals surface area contributed by atoms with Crippen LogP contribution in [0.1, 0.15) is 31.4 Å². The van der Waals surface area contributed by atoms with Crippen LogP contribution in [-0.2, 0) is 0 Å². The smallest absolute Gasteiger partial charge is 0.148 e. The maximum Gasteiger partial charge on any atom is 0.148 e. The topological polar surface area (TPSA) is 41.0 Å². The van der Waals surface area contributed by atoms with Crippen LogP contribution >= 0.6 is 0 Å². The SMILES string of the molecule is Cc1ccc(NCC2CC3CCC(C2)N3C)nn1. The number of piperidine rings is 1. The van der Waals surface area contributed by atoms with Crippen molar-refractivity contribution in [2.24, 2.45) is 5.92 Å². The van der Waals surface area contributed by atoms with Crippen molar-refractivity contribution in [3.05, 3.63) is 17.8 Å². The Bertz CT molecular complexity index is 389. The highest BCUT2D eigenvalue weighted by atomic mass is 15.2. The molecule has 0 amide bonds. The molecule has 1 aromatic rings. The summed E-state index contributed by atoms with van der Waals surface area (Å²) in [5.41, 5.74) is 0.970. The molecule has 3 rings (SSSR count). The molecule has 0 spiro atoms. The summed E-state index contributed by atoms with van der Waals surface area (Å²) in [5.74, 6) is 1.70. The van der Waals surface area contributed by atoms with E-state index in [0.29, 0.717) is 0 Å². The van der Waals surface area contributed by atoms with Crippen molar-refractivity contribution in [1.82, 2.24) is 15.1 Å². The fraction of sp³-hybridized carbons (Fsp3) is 0.714. The molecule has 0 radical (unpaired) electrons. The molecule has 2 aliphatic rings. The number of aromatic nitrogens is 2. The van der Waals surface area contributed by atoms with Gasteiger partial charge in [-0.1, -0.05) is 0 Å². The third-order valence-electron chi connectivity index (χ3n) is 4.57. The van der Waals surface area contributed by atoms with Crippen LogP contribution in [0.2, 0.25) is 0 Å². The fourth-order valence-electron chi connectivity index (χ4n) is 3.43. The lowest BCUT2D eigenvalue weighted by atomic mass is 9.91. The van der Waals surface area contributed by atoms with Crippen LogP contribution < -0.4 is 5.32 Å². The van der Waals surface area contributed by atoms with E-state index in [9.17, 15) is 0 Å². The lowest BCUT2D eigenvalue weighted by molar-refractivity contribution is 0.139. The predicted molar refractivity (Wildman–Crippen MR) is 72.6 cm³/mol. The van der Waals surface area contributed by atoms with Crippen LogP contribution in [-0.4, -0.2) is 40.8 Å². The Hall–Kier alpha value is -1.16. The second-order valence-electron chi connectivity index (χ2n) is 5.83. The number of rotatable bonds is 3. The molecule has 2 bridgehead atoms. The Morgan fingerprint density at radius 3 is 2.56 bits per heavy atom. The molecule has 98 valence electrons. The second kappa shape index (κ2) is 4.84. The number of aryl methyl sites for hydroxylation is 1. The van der Waals surface area contributed by atoms with Gasteiger partial charge in [-0.2, -0.15) is 5.10 Å². The van der Waals surface area contributed by atoms with Crippen LogP contribution in [0.3, 0.4) is 0 Å². The van der Waals surface area contributed by atoms with Gasteiger partial charge in [-0.05, 0) is 57.7 Å². The van der Waals surface area contributed by atoms with Crippen LogP contribution in [0.4, 0.5) is 5.82 Å². The molecule has 1 N–H and O–H groups in total. The minimum absolute atomic E-state index is 0.793. The van der Waals surface area contributed by atoms with Crippen molar-refractivity contribution < 1.29 is 0 Å². The Morgan fingerprint density at radius 1 is 1.22 bits per heavy atom. The quantitative estimate of drug-likeness (QED) is 0.886. The Morgan fingerprint density at radius 2 is 1.94 bits per heavy atom. The van der Waals surface area contributed by atoms with Gasteiger partial charge in [0.1, 0.15) is 5.82 Å². The third-order valence-corrected chi connectivity index (χ3v) is 4.57. The van der Waals surface area contributed by atoms with Gasteiger partial charge in [-0.3, -0.25) is 0 Å². The van der Waals surface area contributed by atoms with Crippen LogP contribution in [0.5, 0.6) is 0 Å². The highest BCUT2D eigenvalue weighted by Crippen LogP contribution is 2.37. The molecular weight excluding hydrogens is 224 g/mol. The molecule has 2 atom stereocenters. The van der Waals surface area contributed by atoms with Gasteiger partial charge in [0.05, 0.1) is 5.69 Å². The predicted octanol–water partition coefficient (Wildman–Crippen LogP) is 2.07. The van der Waals surface area contributed by atoms with Crippen molar-refractivity contribution in [3.63, 3.8) is 0 Å². The van der Waals surface area contributed by atoms with E-state index in [-0.39, 0.29) is 0 Å². The first kappa shape index (κ1) is 11.9. The molecule has 0 saturated carbocycles. The highest BCUT2D eigenvalue weighted by Gasteiger charge is 2.38. The average Bonchev–Trinajstić information content (AvgIpc) is 2.62. The van der Waals surface area contributed by atoms with Crippen LogP contribution in [0.15, 0.2) is 12.1 Å². The molecule has 2 saturated heterocycles. The maximum atomic E-state index is 4.16. The minimum atomic E-state index is 0.793. The first-order valence-electron chi connectivity index (χ1n) is 6.98. The number of fused-ring (bicyclic) bond motifs is 2. The number of anilines is 1. The molecule has 4 heteroatoms. The number of hydrogen-bond acceptors (Lipinski definition) is 4. The summed E-state index contributed by atoms with van der Waals surface area (Å²) in [4.78, 5) is 2.59. The van der Waals surface area contributed by atoms with Crippen molar-refractivity contribution in [1.29, 1.82) is 0 Å². The van der Waals surface area contributed by atoms with Crippen molar-refractivity contribution in [2.45, 2.75) is 44.7 Å². The van der Waals surface area contributed by atoms with Gasteiger partial charge in [0.15, 0.2) is 0 Å². The summed E-state index contributed by atoms with van der Waals surface area (Å²) >= 11 is 0. The fourth-order valence-corrected chi connectivity index (χ4v) is 3.43. The van der Waals surface area contributed by atoms with E-state index < -0.39 is 0 Å². The third kappa shape index (κ3) is 2.34. The molecule has 1 aromatic heterocycles. The summed E-state index contributed by atoms with van der Waals surface area (Å²) in [7, 11) is 2.29. The zero-order chi connectivity index (χ0) is 12.5. The zero-order valence-electron chi connectivity index (χ0n) is 11.3. The highest BCUT2D eigenvalue weighted by molar-refractivity contribution is 5.32. The second-order valence-corrected chi connectivity index (χ2v) is 5.83. The van der Waals surface area contributed by atoms with Gasteiger partial charge in [0.2, 0.25) is 0 Å². The molecule has 2 aliphatic heterocycles. The standard InChI is InChI=1S/C14H22N4/c1-10-3-6-14(17-16-10)15-9-11-7-12-4-5-13(8-11)18(12)2/h3,6,11-13H,4-5,7-9H2,1-2H3,(H,15,17). The molecule has 2 fully saturated rings. The van der Waals surface area contributed by atoms with Gasteiger partial charge in [-0.25, -0.2) is 0 Å². The first-order valence-corrected chi connectivity index (χ1v) is 6.98. The van der Waals surface area contributed by atoms with Crippen molar-refractivity contribution in [2.75, 3.05) is 18.9 Å². The minimum Gasteiger partial charge on any atom is -0.368 e. The summed E-state index contributed by atoms with van der Waals surface area (Å²) in [6.45, 7) is 3.00. The van der Waals surface area contributed by atoms with Gasteiger partial charge in [0, 0.05) is 18.6 Å². The van der Waals surface area contributed by atoms with E-state index in [0.717, 1.165) is 36.1 Å². The maximum absolute atomic E-state index is 4.16. The largest absolute Gasteiger partial charge is 0.368 e. The zero-order valence-corrected chi connectivity index (χ0v) is 11.3. The van der Waals surface area contributed by atoms with Gasteiger partial charge in [0.25, 0.3) is 0 Å². The summed E-state index contributed by atoms with van der Waals surface area (Å²) < 4.78 is 0.